The fourth-order valence-corrected chi connectivity index (χ4v) is 3.83. The number of nitrogens with one attached hydrogen (secondary N) is 1. The molecule has 2 heterocycles. The first kappa shape index (κ1) is 24.5. The fraction of sp³-hybridized carbons (Fsp3) is 0.231. The van der Waals surface area contributed by atoms with Crippen LogP contribution in [0.4, 0.5) is 5.82 Å². The SMILES string of the molecule is CCOC(=O)c1cnn(-c2cc(C)c3ccccc3n2)c1NC(=O)c1cc(OC)c(OC)c(OC)c1. The standard InChI is InChI=1S/C26H26N4O6/c1-6-36-26(32)18-14-27-30(22-11-15(2)17-9-7-8-10-19(17)28-22)24(18)29-25(31)16-12-20(33-3)23(35-5)21(13-16)34-4/h7-14H,6H2,1-5H3,(H,29,31). The number of anilines is 1. The summed E-state index contributed by atoms with van der Waals surface area (Å²) in [4.78, 5) is 30.7. The highest BCUT2D eigenvalue weighted by molar-refractivity contribution is 6.08. The fourth-order valence-electron chi connectivity index (χ4n) is 3.83. The molecule has 1 amide bonds. The van der Waals surface area contributed by atoms with Crippen molar-refractivity contribution in [2.24, 2.45) is 0 Å². The molecule has 10 nitrogen and oxygen atoms in total. The van der Waals surface area contributed by atoms with Crippen molar-refractivity contribution in [3.63, 3.8) is 0 Å². The molecule has 0 radical (unpaired) electrons. The molecule has 0 unspecified atom stereocenters. The Morgan fingerprint density at radius 1 is 1.00 bits per heavy atom. The first-order chi connectivity index (χ1) is 17.4. The van der Waals surface area contributed by atoms with E-state index in [1.54, 1.807) is 6.92 Å². The molecule has 0 bridgehead atoms. The molecule has 0 saturated carbocycles. The van der Waals surface area contributed by atoms with Gasteiger partial charge in [0.15, 0.2) is 23.1 Å². The lowest BCUT2D eigenvalue weighted by Gasteiger charge is -2.15. The summed E-state index contributed by atoms with van der Waals surface area (Å²) in [5.41, 5.74) is 2.02. The van der Waals surface area contributed by atoms with Crippen molar-refractivity contribution in [2.45, 2.75) is 13.8 Å². The lowest BCUT2D eigenvalue weighted by Crippen LogP contribution is -2.19. The van der Waals surface area contributed by atoms with Gasteiger partial charge >= 0.3 is 5.97 Å². The minimum Gasteiger partial charge on any atom is -0.493 e. The molecule has 4 aromatic rings. The van der Waals surface area contributed by atoms with E-state index < -0.39 is 11.9 Å². The maximum Gasteiger partial charge on any atom is 0.343 e. The van der Waals surface area contributed by atoms with Crippen LogP contribution in [0.1, 0.15) is 33.2 Å². The highest BCUT2D eigenvalue weighted by atomic mass is 16.5. The van der Waals surface area contributed by atoms with Crippen molar-refractivity contribution in [3.05, 3.63) is 65.4 Å². The van der Waals surface area contributed by atoms with Crippen molar-refractivity contribution in [2.75, 3.05) is 33.3 Å². The van der Waals surface area contributed by atoms with Gasteiger partial charge < -0.3 is 24.3 Å². The van der Waals surface area contributed by atoms with Gasteiger partial charge in [-0.25, -0.2) is 9.78 Å². The molecule has 2 aromatic carbocycles. The molecule has 4 rings (SSSR count). The number of rotatable bonds is 8. The number of pyridine rings is 1. The van der Waals surface area contributed by atoms with E-state index in [4.69, 9.17) is 18.9 Å². The number of benzene rings is 2. The Labute approximate surface area is 207 Å². The normalized spacial score (nSPS) is 10.7. The molecule has 186 valence electrons. The van der Waals surface area contributed by atoms with Crippen LogP contribution in [-0.2, 0) is 4.74 Å². The van der Waals surface area contributed by atoms with Gasteiger partial charge in [-0.1, -0.05) is 18.2 Å². The molecule has 0 atom stereocenters. The molecule has 2 aromatic heterocycles. The van der Waals surface area contributed by atoms with Crippen molar-refractivity contribution < 1.29 is 28.5 Å². The highest BCUT2D eigenvalue weighted by Crippen LogP contribution is 2.38. The lowest BCUT2D eigenvalue weighted by atomic mass is 10.1. The zero-order valence-electron chi connectivity index (χ0n) is 20.6. The summed E-state index contributed by atoms with van der Waals surface area (Å²) in [6.07, 6.45) is 1.34. The van der Waals surface area contributed by atoms with Crippen LogP contribution in [-0.4, -0.2) is 54.6 Å². The molecule has 36 heavy (non-hydrogen) atoms. The minimum absolute atomic E-state index is 0.0882. The van der Waals surface area contributed by atoms with Gasteiger partial charge in [-0.2, -0.15) is 9.78 Å². The molecule has 1 N–H and O–H groups in total. The maximum atomic E-state index is 13.4. The van der Waals surface area contributed by atoms with E-state index >= 15 is 0 Å². The number of fused-ring (bicyclic) bond motifs is 1. The average Bonchev–Trinajstić information content (AvgIpc) is 3.31. The molecule has 0 spiro atoms. The van der Waals surface area contributed by atoms with Gasteiger partial charge in [0, 0.05) is 10.9 Å². The van der Waals surface area contributed by atoms with Gasteiger partial charge in [0.1, 0.15) is 5.56 Å². The Bertz CT molecular complexity index is 1420. The minimum atomic E-state index is -0.624. The molecule has 0 saturated heterocycles. The van der Waals surface area contributed by atoms with Gasteiger partial charge in [0.2, 0.25) is 5.75 Å². The van der Waals surface area contributed by atoms with Crippen molar-refractivity contribution in [3.8, 4) is 23.1 Å². The van der Waals surface area contributed by atoms with Crippen LogP contribution in [0.2, 0.25) is 0 Å². The topological polar surface area (TPSA) is 114 Å². The van der Waals surface area contributed by atoms with Crippen LogP contribution in [0.5, 0.6) is 17.2 Å². The summed E-state index contributed by atoms with van der Waals surface area (Å²) in [6.45, 7) is 3.82. The van der Waals surface area contributed by atoms with E-state index in [1.165, 1.54) is 44.3 Å². The Hall–Kier alpha value is -4.60. The molecule has 0 aliphatic heterocycles. The summed E-state index contributed by atoms with van der Waals surface area (Å²) in [6, 6.07) is 12.5. The number of ether oxygens (including phenoxy) is 4. The Morgan fingerprint density at radius 3 is 2.33 bits per heavy atom. The zero-order chi connectivity index (χ0) is 25.8. The predicted molar refractivity (Wildman–Crippen MR) is 134 cm³/mol. The van der Waals surface area contributed by atoms with Gasteiger partial charge in [-0.15, -0.1) is 0 Å². The number of para-hydroxylation sites is 1. The first-order valence-electron chi connectivity index (χ1n) is 11.1. The van der Waals surface area contributed by atoms with Crippen molar-refractivity contribution in [1.29, 1.82) is 0 Å². The number of carbonyl (C=O) groups excluding carboxylic acids is 2. The van der Waals surface area contributed by atoms with Crippen LogP contribution >= 0.6 is 0 Å². The van der Waals surface area contributed by atoms with Crippen LogP contribution in [0, 0.1) is 6.92 Å². The van der Waals surface area contributed by atoms with Gasteiger partial charge in [0.05, 0.1) is 39.6 Å². The third-order valence-corrected chi connectivity index (χ3v) is 5.55. The van der Waals surface area contributed by atoms with Crippen LogP contribution in [0.15, 0.2) is 48.7 Å². The summed E-state index contributed by atoms with van der Waals surface area (Å²) in [7, 11) is 4.39. The highest BCUT2D eigenvalue weighted by Gasteiger charge is 2.24. The average molecular weight is 491 g/mol. The first-order valence-corrected chi connectivity index (χ1v) is 11.1. The number of hydrogen-bond donors (Lipinski definition) is 1. The van der Waals surface area contributed by atoms with Crippen molar-refractivity contribution >= 4 is 28.6 Å². The molecule has 0 aliphatic carbocycles. The third-order valence-electron chi connectivity index (χ3n) is 5.55. The second-order valence-corrected chi connectivity index (χ2v) is 7.72. The van der Waals surface area contributed by atoms with Gasteiger partial charge in [-0.05, 0) is 43.7 Å². The second kappa shape index (κ2) is 10.3. The maximum absolute atomic E-state index is 13.4. The monoisotopic (exact) mass is 490 g/mol. The summed E-state index contributed by atoms with van der Waals surface area (Å²) in [5.74, 6) is 0.377. The second-order valence-electron chi connectivity index (χ2n) is 7.72. The largest absolute Gasteiger partial charge is 0.493 e. The van der Waals surface area contributed by atoms with E-state index in [1.807, 2.05) is 37.3 Å². The number of hydrogen-bond acceptors (Lipinski definition) is 8. The molecule has 10 heteroatoms. The Balaban J connectivity index is 1.81. The Kier molecular flexibility index (Phi) is 7.05. The summed E-state index contributed by atoms with van der Waals surface area (Å²) in [5, 5.41) is 8.13. The van der Waals surface area contributed by atoms with E-state index in [0.717, 1.165) is 16.5 Å². The molecule has 0 fully saturated rings. The number of aromatic nitrogens is 3. The number of esters is 1. The number of amides is 1. The lowest BCUT2D eigenvalue weighted by molar-refractivity contribution is 0.0527. The van der Waals surface area contributed by atoms with Gasteiger partial charge in [-0.3, -0.25) is 4.79 Å². The molecule has 0 aliphatic rings. The van der Waals surface area contributed by atoms with E-state index in [0.29, 0.717) is 23.1 Å². The van der Waals surface area contributed by atoms with E-state index in [-0.39, 0.29) is 23.6 Å². The zero-order valence-corrected chi connectivity index (χ0v) is 20.6. The number of nitrogens with zero attached hydrogens (tertiary/aromatic N) is 3. The Morgan fingerprint density at radius 2 is 1.69 bits per heavy atom. The van der Waals surface area contributed by atoms with Gasteiger partial charge in [0.25, 0.3) is 5.91 Å². The van der Waals surface area contributed by atoms with Crippen LogP contribution < -0.4 is 19.5 Å². The van der Waals surface area contributed by atoms with E-state index in [2.05, 4.69) is 15.4 Å². The van der Waals surface area contributed by atoms with Crippen LogP contribution in [0.3, 0.4) is 0 Å². The van der Waals surface area contributed by atoms with Crippen molar-refractivity contribution in [1.82, 2.24) is 14.8 Å². The van der Waals surface area contributed by atoms with Crippen LogP contribution in [0.25, 0.3) is 16.7 Å². The molecular formula is C26H26N4O6. The summed E-state index contributed by atoms with van der Waals surface area (Å²) >= 11 is 0. The number of aryl methyl sites for hydroxylation is 1. The smallest absolute Gasteiger partial charge is 0.343 e. The van der Waals surface area contributed by atoms with E-state index in [9.17, 15) is 9.59 Å². The number of carbonyl (C=O) groups is 2. The quantitative estimate of drug-likeness (QED) is 0.366. The number of methoxy groups -OCH3 is 3. The molecular weight excluding hydrogens is 464 g/mol. The third kappa shape index (κ3) is 4.52. The predicted octanol–water partition coefficient (Wildman–Crippen LogP) is 4.18. The summed E-state index contributed by atoms with van der Waals surface area (Å²) < 4.78 is 22.6.